The lowest BCUT2D eigenvalue weighted by atomic mass is 9.99. The predicted octanol–water partition coefficient (Wildman–Crippen LogP) is 7.60. The Hall–Kier alpha value is -1.57. The zero-order valence-electron chi connectivity index (χ0n) is 18.9. The number of unbranched alkanes of at least 4 members (excludes halogenated alkanes) is 11. The van der Waals surface area contributed by atoms with Gasteiger partial charge in [-0.1, -0.05) is 88.8 Å². The summed E-state index contributed by atoms with van der Waals surface area (Å²) in [5.41, 5.74) is 5.44. The highest BCUT2D eigenvalue weighted by Crippen LogP contribution is 2.24. The Balaban J connectivity index is 1.64. The fraction of sp³-hybridized carbons (Fsp3) is 0.654. The van der Waals surface area contributed by atoms with E-state index in [2.05, 4.69) is 61.8 Å². The van der Waals surface area contributed by atoms with E-state index < -0.39 is 0 Å². The first-order valence-corrected chi connectivity index (χ1v) is 11.8. The predicted molar refractivity (Wildman–Crippen MR) is 122 cm³/mol. The van der Waals surface area contributed by atoms with Crippen molar-refractivity contribution in [1.82, 2.24) is 4.98 Å². The van der Waals surface area contributed by atoms with Crippen molar-refractivity contribution in [3.05, 3.63) is 41.2 Å². The molecule has 1 heterocycles. The van der Waals surface area contributed by atoms with Gasteiger partial charge >= 0.3 is 0 Å². The van der Waals surface area contributed by atoms with Crippen molar-refractivity contribution >= 4 is 0 Å². The molecule has 0 atom stereocenters. The minimum atomic E-state index is 1.11. The third-order valence-electron chi connectivity index (χ3n) is 5.93. The van der Waals surface area contributed by atoms with Crippen LogP contribution in [0, 0.1) is 20.8 Å². The Morgan fingerprint density at radius 3 is 1.75 bits per heavy atom. The first-order valence-electron chi connectivity index (χ1n) is 11.8. The number of hydrogen-bond donors (Lipinski definition) is 1. The van der Waals surface area contributed by atoms with Crippen LogP contribution < -0.4 is 4.57 Å². The highest BCUT2D eigenvalue weighted by molar-refractivity contribution is 5.63. The van der Waals surface area contributed by atoms with Gasteiger partial charge in [0.2, 0.25) is 0 Å². The van der Waals surface area contributed by atoms with E-state index in [1.54, 1.807) is 0 Å². The van der Waals surface area contributed by atoms with Crippen LogP contribution >= 0.6 is 0 Å². The van der Waals surface area contributed by atoms with Gasteiger partial charge in [-0.25, -0.2) is 9.55 Å². The number of rotatable bonds is 14. The lowest BCUT2D eigenvalue weighted by Crippen LogP contribution is -2.34. The van der Waals surface area contributed by atoms with E-state index in [9.17, 15) is 0 Å². The molecule has 0 unspecified atom stereocenters. The summed E-state index contributed by atoms with van der Waals surface area (Å²) in [6, 6.07) is 4.58. The largest absolute Gasteiger partial charge is 0.287 e. The molecule has 0 spiro atoms. The van der Waals surface area contributed by atoms with Crippen LogP contribution in [0.2, 0.25) is 0 Å². The van der Waals surface area contributed by atoms with Gasteiger partial charge in [0.1, 0.15) is 12.4 Å². The smallest absolute Gasteiger partial charge is 0.243 e. The fourth-order valence-electron chi connectivity index (χ4n) is 4.44. The van der Waals surface area contributed by atoms with Gasteiger partial charge in [0.15, 0.2) is 0 Å². The summed E-state index contributed by atoms with van der Waals surface area (Å²) in [4.78, 5) is 3.48. The van der Waals surface area contributed by atoms with Gasteiger partial charge in [0.05, 0.1) is 12.1 Å². The van der Waals surface area contributed by atoms with Gasteiger partial charge in [-0.15, -0.1) is 0 Å². The molecular formula is C26H43N2+. The Kier molecular flexibility index (Phi) is 10.4. The maximum Gasteiger partial charge on any atom is 0.287 e. The molecule has 0 saturated carbocycles. The maximum atomic E-state index is 3.48. The highest BCUT2D eigenvalue weighted by atomic mass is 15.1. The molecular weight excluding hydrogens is 340 g/mol. The molecule has 2 nitrogen and oxygen atoms in total. The number of H-pyrrole nitrogens is 1. The van der Waals surface area contributed by atoms with Crippen molar-refractivity contribution in [2.75, 3.05) is 0 Å². The van der Waals surface area contributed by atoms with E-state index in [-0.39, 0.29) is 0 Å². The third kappa shape index (κ3) is 7.45. The number of imidazole rings is 1. The molecule has 0 aliphatic rings. The second-order valence-electron chi connectivity index (χ2n) is 8.66. The van der Waals surface area contributed by atoms with Crippen molar-refractivity contribution in [1.29, 1.82) is 0 Å². The summed E-state index contributed by atoms with van der Waals surface area (Å²) in [5, 5.41) is 0. The molecule has 2 rings (SSSR count). The second kappa shape index (κ2) is 12.8. The Morgan fingerprint density at radius 2 is 1.21 bits per heavy atom. The van der Waals surface area contributed by atoms with Gasteiger partial charge in [-0.2, -0.15) is 0 Å². The number of benzene rings is 1. The number of hydrogen-bond acceptors (Lipinski definition) is 0. The summed E-state index contributed by atoms with van der Waals surface area (Å²) in [6.07, 6.45) is 21.1. The molecule has 28 heavy (non-hydrogen) atoms. The molecule has 1 aromatic heterocycles. The summed E-state index contributed by atoms with van der Waals surface area (Å²) in [7, 11) is 0. The monoisotopic (exact) mass is 383 g/mol. The SMILES string of the molecule is CCCCCCCCCCCCCC[n+]1cc[nH]c1-c1c(C)cc(C)cc1C. The Bertz CT molecular complexity index is 660. The molecule has 156 valence electrons. The van der Waals surface area contributed by atoms with Crippen LogP contribution in [0.4, 0.5) is 0 Å². The molecule has 0 amide bonds. The number of nitrogens with one attached hydrogen (secondary N) is 1. The van der Waals surface area contributed by atoms with Gasteiger partial charge in [-0.05, 0) is 44.7 Å². The normalized spacial score (nSPS) is 11.3. The van der Waals surface area contributed by atoms with Gasteiger partial charge < -0.3 is 0 Å². The standard InChI is InChI=1S/C26H42N2/c1-5-6-7-8-9-10-11-12-13-14-15-16-18-28-19-17-27-26(28)25-23(3)20-22(2)21-24(25)4/h17,19-21H,5-16,18H2,1-4H3/p+1. The highest BCUT2D eigenvalue weighted by Gasteiger charge is 2.17. The quantitative estimate of drug-likeness (QED) is 0.256. The maximum absolute atomic E-state index is 3.48. The van der Waals surface area contributed by atoms with Crippen molar-refractivity contribution in [2.24, 2.45) is 0 Å². The summed E-state index contributed by atoms with van der Waals surface area (Å²) in [6.45, 7) is 10.0. The number of aromatic amines is 1. The van der Waals surface area contributed by atoms with Crippen molar-refractivity contribution < 1.29 is 4.57 Å². The lowest BCUT2D eigenvalue weighted by molar-refractivity contribution is -0.685. The van der Waals surface area contributed by atoms with Crippen LogP contribution in [0.15, 0.2) is 24.5 Å². The van der Waals surface area contributed by atoms with E-state index in [4.69, 9.17) is 0 Å². The Labute approximate surface area is 173 Å². The van der Waals surface area contributed by atoms with E-state index >= 15 is 0 Å². The van der Waals surface area contributed by atoms with Crippen LogP contribution in [-0.2, 0) is 6.54 Å². The molecule has 1 N–H and O–H groups in total. The molecule has 2 aromatic rings. The number of aromatic nitrogens is 2. The van der Waals surface area contributed by atoms with Gasteiger partial charge in [-0.3, -0.25) is 0 Å². The fourth-order valence-corrected chi connectivity index (χ4v) is 4.44. The second-order valence-corrected chi connectivity index (χ2v) is 8.66. The molecule has 0 bridgehead atoms. The molecule has 0 aliphatic heterocycles. The zero-order chi connectivity index (χ0) is 20.2. The minimum absolute atomic E-state index is 1.11. The summed E-state index contributed by atoms with van der Waals surface area (Å²) in [5.74, 6) is 1.26. The molecule has 0 radical (unpaired) electrons. The number of nitrogens with zero attached hydrogens (tertiary/aromatic N) is 1. The first kappa shape index (κ1) is 22.7. The molecule has 0 aliphatic carbocycles. The molecule has 2 heteroatoms. The van der Waals surface area contributed by atoms with Crippen molar-refractivity contribution in [3.63, 3.8) is 0 Å². The Morgan fingerprint density at radius 1 is 0.714 bits per heavy atom. The average Bonchev–Trinajstić information content (AvgIpc) is 3.10. The molecule has 0 saturated heterocycles. The van der Waals surface area contributed by atoms with Crippen LogP contribution in [0.25, 0.3) is 11.4 Å². The zero-order valence-corrected chi connectivity index (χ0v) is 18.9. The average molecular weight is 384 g/mol. The summed E-state index contributed by atoms with van der Waals surface area (Å²) < 4.78 is 2.40. The summed E-state index contributed by atoms with van der Waals surface area (Å²) >= 11 is 0. The lowest BCUT2D eigenvalue weighted by Gasteiger charge is -2.09. The van der Waals surface area contributed by atoms with Crippen LogP contribution in [0.1, 0.15) is 101 Å². The first-order chi connectivity index (χ1) is 13.6. The van der Waals surface area contributed by atoms with Crippen LogP contribution in [0.3, 0.4) is 0 Å². The van der Waals surface area contributed by atoms with Gasteiger partial charge in [0.25, 0.3) is 5.82 Å². The van der Waals surface area contributed by atoms with E-state index in [1.807, 2.05) is 0 Å². The van der Waals surface area contributed by atoms with E-state index in [1.165, 1.54) is 105 Å². The molecule has 1 aromatic carbocycles. The van der Waals surface area contributed by atoms with E-state index in [0.717, 1.165) is 6.54 Å². The third-order valence-corrected chi connectivity index (χ3v) is 5.93. The minimum Gasteiger partial charge on any atom is -0.243 e. The van der Waals surface area contributed by atoms with Crippen LogP contribution in [0.5, 0.6) is 0 Å². The van der Waals surface area contributed by atoms with Crippen LogP contribution in [-0.4, -0.2) is 4.98 Å². The van der Waals surface area contributed by atoms with Gasteiger partial charge in [0, 0.05) is 0 Å². The van der Waals surface area contributed by atoms with E-state index in [0.29, 0.717) is 0 Å². The topological polar surface area (TPSA) is 19.7 Å². The number of aryl methyl sites for hydroxylation is 4. The molecule has 0 fully saturated rings. The van der Waals surface area contributed by atoms with Crippen molar-refractivity contribution in [2.45, 2.75) is 111 Å². The van der Waals surface area contributed by atoms with Crippen molar-refractivity contribution in [3.8, 4) is 11.4 Å².